The topological polar surface area (TPSA) is 24.5 Å². The minimum Gasteiger partial charge on any atom is -0.381 e. The maximum atomic E-state index is 5.65. The smallest absolute Gasteiger partial charge is 0.0506 e. The third kappa shape index (κ3) is 4.19. The Bertz CT molecular complexity index is 278. The predicted molar refractivity (Wildman–Crippen MR) is 85.0 cm³/mol. The normalized spacial score (nSPS) is 39.1. The maximum Gasteiger partial charge on any atom is 0.0506 e. The van der Waals surface area contributed by atoms with Crippen LogP contribution in [0.25, 0.3) is 0 Å². The quantitative estimate of drug-likeness (QED) is 0.839. The Morgan fingerprint density at radius 3 is 2.70 bits per heavy atom. The van der Waals surface area contributed by atoms with E-state index in [1.807, 2.05) is 0 Å². The number of nitrogens with zero attached hydrogens (tertiary/aromatic N) is 1. The van der Waals surface area contributed by atoms with Crippen molar-refractivity contribution in [3.8, 4) is 0 Å². The molecule has 2 fully saturated rings. The molecule has 118 valence electrons. The lowest BCUT2D eigenvalue weighted by Crippen LogP contribution is -2.56. The molecular weight excluding hydrogens is 248 g/mol. The summed E-state index contributed by atoms with van der Waals surface area (Å²) in [5, 5.41) is 3.74. The third-order valence-electron chi connectivity index (χ3n) is 5.20. The highest BCUT2D eigenvalue weighted by atomic mass is 16.5. The van der Waals surface area contributed by atoms with Gasteiger partial charge >= 0.3 is 0 Å². The minimum atomic E-state index is 0.660. The Kier molecular flexibility index (Phi) is 6.31. The number of rotatable bonds is 5. The van der Waals surface area contributed by atoms with Crippen molar-refractivity contribution >= 4 is 0 Å². The standard InChI is InChI=1S/C17H34N2O/c1-5-18-16-10-13(2)9-14(3)17(16)19(4)11-15-7-6-8-20-12-15/h13-18H,5-12H2,1-4H3. The van der Waals surface area contributed by atoms with E-state index in [-0.39, 0.29) is 0 Å². The van der Waals surface area contributed by atoms with Gasteiger partial charge < -0.3 is 15.0 Å². The molecule has 3 heteroatoms. The lowest BCUT2D eigenvalue weighted by atomic mass is 9.75. The predicted octanol–water partition coefficient (Wildman–Crippen LogP) is 2.76. The van der Waals surface area contributed by atoms with Gasteiger partial charge in [-0.1, -0.05) is 20.8 Å². The average molecular weight is 282 g/mol. The van der Waals surface area contributed by atoms with Gasteiger partial charge in [-0.15, -0.1) is 0 Å². The molecular formula is C17H34N2O. The second kappa shape index (κ2) is 7.77. The van der Waals surface area contributed by atoms with Gasteiger partial charge in [0.25, 0.3) is 0 Å². The van der Waals surface area contributed by atoms with Crippen molar-refractivity contribution < 1.29 is 4.74 Å². The monoisotopic (exact) mass is 282 g/mol. The van der Waals surface area contributed by atoms with Crippen molar-refractivity contribution in [2.45, 2.75) is 58.5 Å². The van der Waals surface area contributed by atoms with Crippen LogP contribution < -0.4 is 5.32 Å². The van der Waals surface area contributed by atoms with E-state index in [2.05, 4.69) is 38.0 Å². The summed E-state index contributed by atoms with van der Waals surface area (Å²) in [4.78, 5) is 2.63. The van der Waals surface area contributed by atoms with Crippen LogP contribution in [0.5, 0.6) is 0 Å². The zero-order valence-corrected chi connectivity index (χ0v) is 13.9. The van der Waals surface area contributed by atoms with Gasteiger partial charge in [0.1, 0.15) is 0 Å². The molecule has 20 heavy (non-hydrogen) atoms. The van der Waals surface area contributed by atoms with Gasteiger partial charge in [-0.05, 0) is 57.0 Å². The first kappa shape index (κ1) is 16.3. The summed E-state index contributed by atoms with van der Waals surface area (Å²) >= 11 is 0. The van der Waals surface area contributed by atoms with Gasteiger partial charge in [-0.25, -0.2) is 0 Å². The van der Waals surface area contributed by atoms with Gasteiger partial charge in [0.2, 0.25) is 0 Å². The largest absolute Gasteiger partial charge is 0.381 e. The molecule has 0 spiro atoms. The Morgan fingerprint density at radius 1 is 1.25 bits per heavy atom. The number of nitrogens with one attached hydrogen (secondary N) is 1. The summed E-state index contributed by atoms with van der Waals surface area (Å²) in [5.41, 5.74) is 0. The lowest BCUT2D eigenvalue weighted by molar-refractivity contribution is 0.0162. The Hall–Kier alpha value is -0.120. The lowest BCUT2D eigenvalue weighted by Gasteiger charge is -2.46. The highest BCUT2D eigenvalue weighted by Crippen LogP contribution is 2.32. The molecule has 5 unspecified atom stereocenters. The summed E-state index contributed by atoms with van der Waals surface area (Å²) in [6, 6.07) is 1.35. The number of hydrogen-bond acceptors (Lipinski definition) is 3. The molecule has 0 aromatic heterocycles. The molecule has 1 N–H and O–H groups in total. The number of likely N-dealkylation sites (N-methyl/N-ethyl adjacent to an activating group) is 2. The fraction of sp³-hybridized carbons (Fsp3) is 1.00. The fourth-order valence-corrected chi connectivity index (χ4v) is 4.53. The van der Waals surface area contributed by atoms with Crippen molar-refractivity contribution in [3.63, 3.8) is 0 Å². The summed E-state index contributed by atoms with van der Waals surface area (Å²) in [7, 11) is 2.33. The summed E-state index contributed by atoms with van der Waals surface area (Å²) < 4.78 is 5.65. The van der Waals surface area contributed by atoms with Crippen molar-refractivity contribution in [1.82, 2.24) is 10.2 Å². The van der Waals surface area contributed by atoms with E-state index in [4.69, 9.17) is 4.74 Å². The van der Waals surface area contributed by atoms with E-state index >= 15 is 0 Å². The molecule has 0 aromatic rings. The Balaban J connectivity index is 1.94. The van der Waals surface area contributed by atoms with Crippen molar-refractivity contribution in [3.05, 3.63) is 0 Å². The second-order valence-electron chi connectivity index (χ2n) is 7.23. The van der Waals surface area contributed by atoms with Gasteiger partial charge in [0.05, 0.1) is 6.61 Å². The minimum absolute atomic E-state index is 0.660. The van der Waals surface area contributed by atoms with Crippen LogP contribution in [0.15, 0.2) is 0 Å². The van der Waals surface area contributed by atoms with Crippen molar-refractivity contribution in [2.24, 2.45) is 17.8 Å². The number of ether oxygens (including phenoxy) is 1. The molecule has 2 aliphatic rings. The molecule has 1 aliphatic heterocycles. The van der Waals surface area contributed by atoms with E-state index < -0.39 is 0 Å². The fourth-order valence-electron chi connectivity index (χ4n) is 4.53. The van der Waals surface area contributed by atoms with Crippen LogP contribution in [-0.2, 0) is 4.74 Å². The van der Waals surface area contributed by atoms with Crippen LogP contribution in [0.2, 0.25) is 0 Å². The molecule has 2 rings (SSSR count). The van der Waals surface area contributed by atoms with Crippen LogP contribution >= 0.6 is 0 Å². The zero-order valence-electron chi connectivity index (χ0n) is 13.9. The molecule has 0 radical (unpaired) electrons. The molecule has 3 nitrogen and oxygen atoms in total. The summed E-state index contributed by atoms with van der Waals surface area (Å²) in [6.07, 6.45) is 5.28. The Morgan fingerprint density at radius 2 is 2.05 bits per heavy atom. The van der Waals surface area contributed by atoms with Gasteiger partial charge in [0, 0.05) is 25.2 Å². The van der Waals surface area contributed by atoms with Gasteiger partial charge in [0.15, 0.2) is 0 Å². The van der Waals surface area contributed by atoms with Crippen molar-refractivity contribution in [2.75, 3.05) is 33.4 Å². The molecule has 0 amide bonds. The first-order valence-corrected chi connectivity index (χ1v) is 8.63. The zero-order chi connectivity index (χ0) is 14.5. The van der Waals surface area contributed by atoms with E-state index in [9.17, 15) is 0 Å². The molecule has 1 heterocycles. The van der Waals surface area contributed by atoms with Crippen LogP contribution in [0.1, 0.15) is 46.5 Å². The summed E-state index contributed by atoms with van der Waals surface area (Å²) in [6.45, 7) is 11.3. The first-order valence-electron chi connectivity index (χ1n) is 8.63. The second-order valence-corrected chi connectivity index (χ2v) is 7.23. The summed E-state index contributed by atoms with van der Waals surface area (Å²) in [5.74, 6) is 2.39. The maximum absolute atomic E-state index is 5.65. The molecule has 1 saturated heterocycles. The van der Waals surface area contributed by atoms with Crippen LogP contribution in [-0.4, -0.2) is 50.3 Å². The molecule has 5 atom stereocenters. The number of hydrogen-bond donors (Lipinski definition) is 1. The Labute approximate surface area is 125 Å². The van der Waals surface area contributed by atoms with Gasteiger partial charge in [-0.3, -0.25) is 0 Å². The molecule has 0 aromatic carbocycles. The average Bonchev–Trinajstić information content (AvgIpc) is 2.39. The highest BCUT2D eigenvalue weighted by molar-refractivity contribution is 4.93. The first-order chi connectivity index (χ1) is 9.61. The molecule has 1 aliphatic carbocycles. The SMILES string of the molecule is CCNC1CC(C)CC(C)C1N(C)CC1CCCOC1. The van der Waals surface area contributed by atoms with Crippen LogP contribution in [0.4, 0.5) is 0 Å². The third-order valence-corrected chi connectivity index (χ3v) is 5.20. The molecule has 1 saturated carbocycles. The molecule has 0 bridgehead atoms. The van der Waals surface area contributed by atoms with E-state index in [0.717, 1.165) is 37.5 Å². The highest BCUT2D eigenvalue weighted by Gasteiger charge is 2.36. The van der Waals surface area contributed by atoms with E-state index in [1.54, 1.807) is 0 Å². The van der Waals surface area contributed by atoms with Crippen molar-refractivity contribution in [1.29, 1.82) is 0 Å². The van der Waals surface area contributed by atoms with E-state index in [1.165, 1.54) is 32.2 Å². The van der Waals surface area contributed by atoms with Gasteiger partial charge in [-0.2, -0.15) is 0 Å². The van der Waals surface area contributed by atoms with Crippen LogP contribution in [0, 0.1) is 17.8 Å². The van der Waals surface area contributed by atoms with Crippen LogP contribution in [0.3, 0.4) is 0 Å². The van der Waals surface area contributed by atoms with E-state index in [0.29, 0.717) is 12.1 Å².